The molecule has 4 N–H and O–H groups in total. The van der Waals surface area contributed by atoms with Gasteiger partial charge in [-0.3, -0.25) is 9.59 Å². The van der Waals surface area contributed by atoms with Crippen molar-refractivity contribution >= 4 is 11.8 Å². The van der Waals surface area contributed by atoms with E-state index >= 15 is 0 Å². The van der Waals surface area contributed by atoms with Crippen molar-refractivity contribution in [1.29, 1.82) is 0 Å². The standard InChI is InChI=1S/C19H28FN3O3/c1-4-26-15-12-19(21,18(15,2)3)17(25)23-11-5-10-22-16(24)13-6-8-14(20)9-7-13/h6-9,15H,4-5,10-12,21H2,1-3H3,(H,22,24)(H,23,25). The normalized spacial score (nSPS) is 23.8. The SMILES string of the molecule is CCOC1CC(N)(C(=O)NCCCNC(=O)c2ccc(F)cc2)C1(C)C. The van der Waals surface area contributed by atoms with E-state index in [1.165, 1.54) is 24.3 Å². The van der Waals surface area contributed by atoms with Crippen molar-refractivity contribution in [2.24, 2.45) is 11.1 Å². The number of amides is 2. The van der Waals surface area contributed by atoms with Crippen molar-refractivity contribution in [3.05, 3.63) is 35.6 Å². The molecule has 0 saturated heterocycles. The Balaban J connectivity index is 1.70. The lowest BCUT2D eigenvalue weighted by atomic mass is 9.54. The van der Waals surface area contributed by atoms with Gasteiger partial charge < -0.3 is 21.1 Å². The second kappa shape index (κ2) is 8.14. The third kappa shape index (κ3) is 4.04. The van der Waals surface area contributed by atoms with Gasteiger partial charge in [0.1, 0.15) is 11.4 Å². The first-order valence-electron chi connectivity index (χ1n) is 8.95. The predicted octanol–water partition coefficient (Wildman–Crippen LogP) is 1.59. The molecule has 1 fully saturated rings. The number of ether oxygens (including phenoxy) is 1. The van der Waals surface area contributed by atoms with E-state index in [4.69, 9.17) is 10.5 Å². The molecule has 1 aromatic rings. The Bertz CT molecular complexity index is 648. The molecule has 2 rings (SSSR count). The van der Waals surface area contributed by atoms with Crippen LogP contribution in [0.1, 0.15) is 44.0 Å². The summed E-state index contributed by atoms with van der Waals surface area (Å²) in [7, 11) is 0. The number of halogens is 1. The Morgan fingerprint density at radius 3 is 2.42 bits per heavy atom. The lowest BCUT2D eigenvalue weighted by Gasteiger charge is -2.57. The van der Waals surface area contributed by atoms with E-state index < -0.39 is 11.0 Å². The number of benzene rings is 1. The summed E-state index contributed by atoms with van der Waals surface area (Å²) in [6, 6.07) is 5.34. The minimum absolute atomic E-state index is 0.0155. The van der Waals surface area contributed by atoms with Crippen LogP contribution in [0.2, 0.25) is 0 Å². The first kappa shape index (κ1) is 20.3. The molecule has 1 saturated carbocycles. The van der Waals surface area contributed by atoms with Gasteiger partial charge in [-0.15, -0.1) is 0 Å². The van der Waals surface area contributed by atoms with Gasteiger partial charge in [-0.2, -0.15) is 0 Å². The van der Waals surface area contributed by atoms with Gasteiger partial charge in [0.15, 0.2) is 0 Å². The largest absolute Gasteiger partial charge is 0.378 e. The topological polar surface area (TPSA) is 93.4 Å². The van der Waals surface area contributed by atoms with Gasteiger partial charge in [0.25, 0.3) is 5.91 Å². The van der Waals surface area contributed by atoms with E-state index in [1.54, 1.807) is 0 Å². The fourth-order valence-corrected chi connectivity index (χ4v) is 3.17. The van der Waals surface area contributed by atoms with Gasteiger partial charge in [-0.05, 0) is 37.6 Å². The number of carbonyl (C=O) groups is 2. The maximum atomic E-state index is 12.8. The highest BCUT2D eigenvalue weighted by Crippen LogP contribution is 2.49. The highest BCUT2D eigenvalue weighted by molar-refractivity contribution is 5.94. The molecule has 1 aliphatic rings. The van der Waals surface area contributed by atoms with Crippen molar-refractivity contribution in [3.63, 3.8) is 0 Å². The van der Waals surface area contributed by atoms with Crippen molar-refractivity contribution in [3.8, 4) is 0 Å². The number of nitrogens with two attached hydrogens (primary N) is 1. The monoisotopic (exact) mass is 365 g/mol. The molecule has 1 aliphatic carbocycles. The van der Waals surface area contributed by atoms with Gasteiger partial charge in [0.05, 0.1) is 6.10 Å². The van der Waals surface area contributed by atoms with E-state index in [-0.39, 0.29) is 23.7 Å². The van der Waals surface area contributed by atoms with Gasteiger partial charge in [-0.1, -0.05) is 13.8 Å². The highest BCUT2D eigenvalue weighted by Gasteiger charge is 2.62. The van der Waals surface area contributed by atoms with Gasteiger partial charge in [0.2, 0.25) is 5.91 Å². The molecule has 1 aromatic carbocycles. The minimum Gasteiger partial charge on any atom is -0.378 e. The Morgan fingerprint density at radius 1 is 1.23 bits per heavy atom. The van der Waals surface area contributed by atoms with Gasteiger partial charge in [-0.25, -0.2) is 4.39 Å². The lowest BCUT2D eigenvalue weighted by Crippen LogP contribution is -2.75. The summed E-state index contributed by atoms with van der Waals surface area (Å²) in [5, 5.41) is 5.58. The van der Waals surface area contributed by atoms with Crippen molar-refractivity contribution in [2.75, 3.05) is 19.7 Å². The van der Waals surface area contributed by atoms with Crippen molar-refractivity contribution < 1.29 is 18.7 Å². The molecule has 0 radical (unpaired) electrons. The van der Waals surface area contributed by atoms with E-state index in [9.17, 15) is 14.0 Å². The molecule has 7 heteroatoms. The Hall–Kier alpha value is -1.99. The molecule has 2 atom stereocenters. The number of hydrogen-bond donors (Lipinski definition) is 3. The summed E-state index contributed by atoms with van der Waals surface area (Å²) in [5.74, 6) is -0.847. The Morgan fingerprint density at radius 2 is 1.85 bits per heavy atom. The van der Waals surface area contributed by atoms with Crippen LogP contribution in [0.5, 0.6) is 0 Å². The Kier molecular flexibility index (Phi) is 6.36. The van der Waals surface area contributed by atoms with Crippen LogP contribution in [0.25, 0.3) is 0 Å². The number of hydrogen-bond acceptors (Lipinski definition) is 4. The van der Waals surface area contributed by atoms with Gasteiger partial charge in [0, 0.05) is 37.1 Å². The molecule has 0 bridgehead atoms. The summed E-state index contributed by atoms with van der Waals surface area (Å²) in [6.45, 7) is 7.22. The van der Waals surface area contributed by atoms with Crippen LogP contribution in [-0.2, 0) is 9.53 Å². The van der Waals surface area contributed by atoms with E-state index in [2.05, 4.69) is 10.6 Å². The first-order valence-corrected chi connectivity index (χ1v) is 8.95. The van der Waals surface area contributed by atoms with Crippen LogP contribution in [0.15, 0.2) is 24.3 Å². The lowest BCUT2D eigenvalue weighted by molar-refractivity contribution is -0.170. The third-order valence-electron chi connectivity index (χ3n) is 5.27. The molecule has 26 heavy (non-hydrogen) atoms. The molecule has 2 amide bonds. The number of nitrogens with one attached hydrogen (secondary N) is 2. The fraction of sp³-hybridized carbons (Fsp3) is 0.579. The highest BCUT2D eigenvalue weighted by atomic mass is 19.1. The van der Waals surface area contributed by atoms with E-state index in [0.717, 1.165) is 0 Å². The predicted molar refractivity (Wildman–Crippen MR) is 97.1 cm³/mol. The van der Waals surface area contributed by atoms with Gasteiger partial charge >= 0.3 is 0 Å². The molecule has 0 heterocycles. The zero-order chi connectivity index (χ0) is 19.4. The average molecular weight is 365 g/mol. The zero-order valence-corrected chi connectivity index (χ0v) is 15.6. The smallest absolute Gasteiger partial charge is 0.251 e. The maximum Gasteiger partial charge on any atom is 0.251 e. The maximum absolute atomic E-state index is 12.8. The second-order valence-corrected chi connectivity index (χ2v) is 7.21. The summed E-state index contributed by atoms with van der Waals surface area (Å²) in [5.41, 5.74) is 5.33. The summed E-state index contributed by atoms with van der Waals surface area (Å²) in [6.07, 6.45) is 1.06. The number of carbonyl (C=O) groups excluding carboxylic acids is 2. The number of rotatable bonds is 8. The summed E-state index contributed by atoms with van der Waals surface area (Å²) < 4.78 is 18.5. The zero-order valence-electron chi connectivity index (χ0n) is 15.6. The van der Waals surface area contributed by atoms with E-state index in [1.807, 2.05) is 20.8 Å². The summed E-state index contributed by atoms with van der Waals surface area (Å²) >= 11 is 0. The van der Waals surface area contributed by atoms with Crippen LogP contribution < -0.4 is 16.4 Å². The molecule has 2 unspecified atom stereocenters. The van der Waals surface area contributed by atoms with Crippen molar-refractivity contribution in [1.82, 2.24) is 10.6 Å². The van der Waals surface area contributed by atoms with Crippen LogP contribution >= 0.6 is 0 Å². The Labute approximate surface area is 153 Å². The molecule has 6 nitrogen and oxygen atoms in total. The molecule has 0 spiro atoms. The third-order valence-corrected chi connectivity index (χ3v) is 5.27. The molecule has 144 valence electrons. The molecular formula is C19H28FN3O3. The fourth-order valence-electron chi connectivity index (χ4n) is 3.17. The molecule has 0 aliphatic heterocycles. The molecular weight excluding hydrogens is 337 g/mol. The average Bonchev–Trinajstić information content (AvgIpc) is 2.61. The minimum atomic E-state index is -0.940. The first-order chi connectivity index (χ1) is 12.2. The van der Waals surface area contributed by atoms with Crippen LogP contribution in [-0.4, -0.2) is 43.2 Å². The van der Waals surface area contributed by atoms with E-state index in [0.29, 0.717) is 38.1 Å². The second-order valence-electron chi connectivity index (χ2n) is 7.21. The summed E-state index contributed by atoms with van der Waals surface area (Å²) in [4.78, 5) is 24.3. The van der Waals surface area contributed by atoms with Crippen LogP contribution in [0, 0.1) is 11.2 Å². The van der Waals surface area contributed by atoms with Crippen molar-refractivity contribution in [2.45, 2.75) is 45.3 Å². The van der Waals surface area contributed by atoms with Crippen LogP contribution in [0.3, 0.4) is 0 Å². The van der Waals surface area contributed by atoms with Crippen LogP contribution in [0.4, 0.5) is 4.39 Å². The quantitative estimate of drug-likeness (QED) is 0.610. The molecule has 0 aromatic heterocycles.